The smallest absolute Gasteiger partial charge is 0.309 e. The fourth-order valence-corrected chi connectivity index (χ4v) is 4.18. The maximum absolute atomic E-state index is 13.1. The SMILES string of the molecule is C[NH+](C)CCNC(=O)C(=O)NC[C@H]1OCCCN1S(=O)(=O)c1ccc(F)cc1. The monoisotopic (exact) mass is 417 g/mol. The Labute approximate surface area is 163 Å². The first kappa shape index (κ1) is 22.2. The van der Waals surface area contributed by atoms with Crippen molar-refractivity contribution < 1.29 is 32.0 Å². The van der Waals surface area contributed by atoms with Crippen LogP contribution in [0.3, 0.4) is 0 Å². The summed E-state index contributed by atoms with van der Waals surface area (Å²) in [4.78, 5) is 24.8. The number of ether oxygens (including phenoxy) is 1. The fourth-order valence-electron chi connectivity index (χ4n) is 2.61. The number of likely N-dealkylation sites (N-methyl/N-ethyl adjacent to an activating group) is 1. The van der Waals surface area contributed by atoms with Crippen molar-refractivity contribution in [3.8, 4) is 0 Å². The summed E-state index contributed by atoms with van der Waals surface area (Å²) in [5.41, 5.74) is 0. The van der Waals surface area contributed by atoms with E-state index in [1.807, 2.05) is 14.1 Å². The third-order valence-electron chi connectivity index (χ3n) is 4.13. The lowest BCUT2D eigenvalue weighted by Gasteiger charge is -2.34. The van der Waals surface area contributed by atoms with Gasteiger partial charge in [-0.1, -0.05) is 0 Å². The largest absolute Gasteiger partial charge is 0.360 e. The maximum Gasteiger partial charge on any atom is 0.309 e. The van der Waals surface area contributed by atoms with Crippen LogP contribution in [0.1, 0.15) is 6.42 Å². The zero-order valence-electron chi connectivity index (χ0n) is 15.9. The zero-order chi connectivity index (χ0) is 20.7. The van der Waals surface area contributed by atoms with Crippen molar-refractivity contribution in [1.29, 1.82) is 0 Å². The molecule has 9 nitrogen and oxygen atoms in total. The molecule has 2 rings (SSSR count). The van der Waals surface area contributed by atoms with E-state index < -0.39 is 33.9 Å². The normalized spacial score (nSPS) is 18.1. The first-order chi connectivity index (χ1) is 13.2. The van der Waals surface area contributed by atoms with Gasteiger partial charge in [-0.25, -0.2) is 12.8 Å². The molecule has 1 aliphatic heterocycles. The third-order valence-corrected chi connectivity index (χ3v) is 6.03. The molecule has 0 saturated carbocycles. The molecule has 2 amide bonds. The number of carbonyl (C=O) groups excluding carboxylic acids is 2. The first-order valence-corrected chi connectivity index (χ1v) is 10.4. The Hall–Kier alpha value is -2.08. The van der Waals surface area contributed by atoms with Gasteiger partial charge < -0.3 is 20.3 Å². The summed E-state index contributed by atoms with van der Waals surface area (Å²) >= 11 is 0. The minimum absolute atomic E-state index is 0.0698. The van der Waals surface area contributed by atoms with Crippen molar-refractivity contribution in [3.05, 3.63) is 30.1 Å². The van der Waals surface area contributed by atoms with Crippen LogP contribution in [0.15, 0.2) is 29.2 Å². The minimum atomic E-state index is -3.93. The lowest BCUT2D eigenvalue weighted by Crippen LogP contribution is -3.06. The summed E-state index contributed by atoms with van der Waals surface area (Å²) in [5, 5.41) is 4.90. The van der Waals surface area contributed by atoms with Gasteiger partial charge in [0.1, 0.15) is 12.0 Å². The molecule has 3 N–H and O–H groups in total. The van der Waals surface area contributed by atoms with Crippen LogP contribution in [0.25, 0.3) is 0 Å². The van der Waals surface area contributed by atoms with E-state index >= 15 is 0 Å². The van der Waals surface area contributed by atoms with E-state index in [2.05, 4.69) is 10.6 Å². The Balaban J connectivity index is 1.98. The van der Waals surface area contributed by atoms with Gasteiger partial charge in [-0.3, -0.25) is 9.59 Å². The molecule has 0 aliphatic carbocycles. The molecule has 156 valence electrons. The molecule has 0 spiro atoms. The van der Waals surface area contributed by atoms with Gasteiger partial charge in [0, 0.05) is 6.54 Å². The highest BCUT2D eigenvalue weighted by Crippen LogP contribution is 2.22. The van der Waals surface area contributed by atoms with Crippen LogP contribution in [-0.2, 0) is 24.3 Å². The predicted octanol–water partition coefficient (Wildman–Crippen LogP) is -2.06. The van der Waals surface area contributed by atoms with Crippen LogP contribution in [0.2, 0.25) is 0 Å². The minimum Gasteiger partial charge on any atom is -0.360 e. The fraction of sp³-hybridized carbons (Fsp3) is 0.529. The molecule has 1 aromatic rings. The Morgan fingerprint density at radius 3 is 2.50 bits per heavy atom. The highest BCUT2D eigenvalue weighted by Gasteiger charge is 2.34. The Morgan fingerprint density at radius 2 is 1.86 bits per heavy atom. The number of amides is 2. The van der Waals surface area contributed by atoms with Crippen LogP contribution in [0.5, 0.6) is 0 Å². The lowest BCUT2D eigenvalue weighted by molar-refractivity contribution is -0.856. The van der Waals surface area contributed by atoms with Crippen molar-refractivity contribution in [2.24, 2.45) is 0 Å². The van der Waals surface area contributed by atoms with E-state index in [-0.39, 0.29) is 18.0 Å². The number of halogens is 1. The number of benzene rings is 1. The second-order valence-corrected chi connectivity index (χ2v) is 8.56. The standard InChI is InChI=1S/C17H25FN4O5S/c1-21(2)10-8-19-16(23)17(24)20-12-15-22(9-3-11-27-15)28(25,26)14-6-4-13(18)5-7-14/h4-7,15H,3,8-12H2,1-2H3,(H,19,23)(H,20,24)/p+1/t15-/m1/s1. The average Bonchev–Trinajstić information content (AvgIpc) is 2.66. The van der Waals surface area contributed by atoms with E-state index in [9.17, 15) is 22.4 Å². The summed E-state index contributed by atoms with van der Waals surface area (Å²) < 4.78 is 45.3. The van der Waals surface area contributed by atoms with Crippen LogP contribution in [0, 0.1) is 5.82 Å². The molecule has 11 heteroatoms. The molecule has 0 bridgehead atoms. The Kier molecular flexibility index (Phi) is 7.87. The van der Waals surface area contributed by atoms with Gasteiger partial charge in [0.05, 0.1) is 45.2 Å². The molecule has 1 saturated heterocycles. The van der Waals surface area contributed by atoms with Gasteiger partial charge in [-0.2, -0.15) is 4.31 Å². The van der Waals surface area contributed by atoms with Gasteiger partial charge in [-0.05, 0) is 30.7 Å². The van der Waals surface area contributed by atoms with Crippen LogP contribution < -0.4 is 15.5 Å². The highest BCUT2D eigenvalue weighted by molar-refractivity contribution is 7.89. The lowest BCUT2D eigenvalue weighted by atomic mass is 10.3. The maximum atomic E-state index is 13.1. The Bertz CT molecular complexity index is 785. The molecule has 0 unspecified atom stereocenters. The van der Waals surface area contributed by atoms with Crippen LogP contribution in [-0.4, -0.2) is 77.6 Å². The second kappa shape index (κ2) is 9.92. The van der Waals surface area contributed by atoms with Crippen molar-refractivity contribution in [2.45, 2.75) is 17.5 Å². The van der Waals surface area contributed by atoms with E-state index in [0.29, 0.717) is 26.1 Å². The van der Waals surface area contributed by atoms with Gasteiger partial charge >= 0.3 is 11.8 Å². The van der Waals surface area contributed by atoms with Crippen molar-refractivity contribution in [2.75, 3.05) is 46.9 Å². The number of rotatable bonds is 7. The molecule has 28 heavy (non-hydrogen) atoms. The number of carbonyl (C=O) groups is 2. The van der Waals surface area contributed by atoms with Crippen LogP contribution in [0.4, 0.5) is 4.39 Å². The second-order valence-electron chi connectivity index (χ2n) is 6.67. The van der Waals surface area contributed by atoms with Crippen LogP contribution >= 0.6 is 0 Å². The summed E-state index contributed by atoms with van der Waals surface area (Å²) in [6, 6.07) is 4.48. The predicted molar refractivity (Wildman–Crippen MR) is 98.3 cm³/mol. The zero-order valence-corrected chi connectivity index (χ0v) is 16.7. The summed E-state index contributed by atoms with van der Waals surface area (Å²) in [5.74, 6) is -2.19. The van der Waals surface area contributed by atoms with Crippen molar-refractivity contribution in [3.63, 3.8) is 0 Å². The first-order valence-electron chi connectivity index (χ1n) is 8.96. The van der Waals surface area contributed by atoms with Gasteiger partial charge in [0.2, 0.25) is 10.0 Å². The molecular formula is C17H26FN4O5S+. The Morgan fingerprint density at radius 1 is 1.21 bits per heavy atom. The third kappa shape index (κ3) is 5.96. The number of hydrogen-bond acceptors (Lipinski definition) is 5. The molecule has 0 aromatic heterocycles. The summed E-state index contributed by atoms with van der Waals surface area (Å²) in [6.07, 6.45) is -0.468. The van der Waals surface area contributed by atoms with E-state index in [0.717, 1.165) is 21.3 Å². The number of nitrogens with one attached hydrogen (secondary N) is 3. The number of sulfonamides is 1. The molecular weight excluding hydrogens is 391 g/mol. The van der Waals surface area contributed by atoms with Crippen molar-refractivity contribution in [1.82, 2.24) is 14.9 Å². The topological polar surface area (TPSA) is 109 Å². The average molecular weight is 417 g/mol. The van der Waals surface area contributed by atoms with Gasteiger partial charge in [0.25, 0.3) is 0 Å². The summed E-state index contributed by atoms with van der Waals surface area (Å²) in [7, 11) is -0.0939. The summed E-state index contributed by atoms with van der Waals surface area (Å²) in [6.45, 7) is 1.35. The highest BCUT2D eigenvalue weighted by atomic mass is 32.2. The molecule has 0 radical (unpaired) electrons. The van der Waals surface area contributed by atoms with E-state index in [1.165, 1.54) is 12.1 Å². The number of nitrogens with zero attached hydrogens (tertiary/aromatic N) is 1. The molecule has 1 fully saturated rings. The molecule has 1 atom stereocenters. The van der Waals surface area contributed by atoms with E-state index in [4.69, 9.17) is 4.74 Å². The molecule has 1 heterocycles. The molecule has 1 aromatic carbocycles. The van der Waals surface area contributed by atoms with Gasteiger partial charge in [-0.15, -0.1) is 0 Å². The molecule has 1 aliphatic rings. The number of hydrogen-bond donors (Lipinski definition) is 3. The quantitative estimate of drug-likeness (QED) is 0.442. The number of quaternary nitrogens is 1. The van der Waals surface area contributed by atoms with E-state index in [1.54, 1.807) is 0 Å². The van der Waals surface area contributed by atoms with Crippen molar-refractivity contribution >= 4 is 21.8 Å². The van der Waals surface area contributed by atoms with Gasteiger partial charge in [0.15, 0.2) is 0 Å².